The second-order valence-electron chi connectivity index (χ2n) is 6.11. The van der Waals surface area contributed by atoms with Crippen molar-refractivity contribution in [1.29, 1.82) is 0 Å². The van der Waals surface area contributed by atoms with Gasteiger partial charge in [0.25, 0.3) is 5.91 Å². The van der Waals surface area contributed by atoms with E-state index >= 15 is 0 Å². The molecule has 5 nitrogen and oxygen atoms in total. The van der Waals surface area contributed by atoms with Gasteiger partial charge in [-0.05, 0) is 36.8 Å². The molecule has 0 spiro atoms. The van der Waals surface area contributed by atoms with Crippen LogP contribution in [0.4, 0.5) is 0 Å². The Morgan fingerprint density at radius 1 is 1.20 bits per heavy atom. The topological polar surface area (TPSA) is 55.8 Å². The summed E-state index contributed by atoms with van der Waals surface area (Å²) in [5, 5.41) is 0. The fraction of sp³-hybridized carbons (Fsp3) is 0.300. The van der Waals surface area contributed by atoms with Crippen LogP contribution >= 0.6 is 0 Å². The summed E-state index contributed by atoms with van der Waals surface area (Å²) >= 11 is 0. The number of ether oxygens (including phenoxy) is 2. The van der Waals surface area contributed by atoms with Gasteiger partial charge in [0, 0.05) is 30.1 Å². The zero-order valence-corrected chi connectivity index (χ0v) is 14.2. The highest BCUT2D eigenvalue weighted by Gasteiger charge is 2.27. The van der Waals surface area contributed by atoms with Gasteiger partial charge < -0.3 is 14.4 Å². The molecule has 1 fully saturated rings. The van der Waals surface area contributed by atoms with E-state index in [0.29, 0.717) is 35.8 Å². The maximum absolute atomic E-state index is 12.5. The Morgan fingerprint density at radius 3 is 2.72 bits per heavy atom. The van der Waals surface area contributed by atoms with Crippen LogP contribution in [0.2, 0.25) is 0 Å². The fourth-order valence-electron chi connectivity index (χ4n) is 3.00. The smallest absolute Gasteiger partial charge is 0.253 e. The maximum atomic E-state index is 12.5. The SMILES string of the molecule is COc1ccc(C=O)cc1OC[C@@H]1CCN(C(=O)c2ccccc2)C1. The lowest BCUT2D eigenvalue weighted by molar-refractivity contribution is 0.0782. The highest BCUT2D eigenvalue weighted by atomic mass is 16.5. The molecule has 0 aromatic heterocycles. The third-order valence-corrected chi connectivity index (χ3v) is 4.39. The quantitative estimate of drug-likeness (QED) is 0.759. The number of carbonyl (C=O) groups is 2. The minimum absolute atomic E-state index is 0.0589. The van der Waals surface area contributed by atoms with E-state index in [-0.39, 0.29) is 11.8 Å². The second kappa shape index (κ2) is 7.83. The zero-order chi connectivity index (χ0) is 17.6. The lowest BCUT2D eigenvalue weighted by Crippen LogP contribution is -2.29. The molecule has 2 aromatic rings. The number of carbonyl (C=O) groups excluding carboxylic acids is 2. The number of nitrogens with zero attached hydrogens (tertiary/aromatic N) is 1. The number of benzene rings is 2. The van der Waals surface area contributed by atoms with Crippen molar-refractivity contribution in [2.24, 2.45) is 5.92 Å². The standard InChI is InChI=1S/C20H21NO4/c1-24-18-8-7-15(13-22)11-19(18)25-14-16-9-10-21(12-16)20(23)17-5-3-2-4-6-17/h2-8,11,13,16H,9-10,12,14H2,1H3/t16-/m1/s1. The van der Waals surface area contributed by atoms with Crippen LogP contribution in [0.15, 0.2) is 48.5 Å². The molecule has 0 bridgehead atoms. The van der Waals surface area contributed by atoms with E-state index in [0.717, 1.165) is 19.3 Å². The van der Waals surface area contributed by atoms with Crippen LogP contribution < -0.4 is 9.47 Å². The minimum Gasteiger partial charge on any atom is -0.493 e. The molecule has 1 heterocycles. The van der Waals surface area contributed by atoms with Gasteiger partial charge in [0.2, 0.25) is 0 Å². The number of amides is 1. The first-order valence-electron chi connectivity index (χ1n) is 8.31. The van der Waals surface area contributed by atoms with Crippen LogP contribution in [-0.2, 0) is 0 Å². The number of aldehydes is 1. The zero-order valence-electron chi connectivity index (χ0n) is 14.2. The molecule has 3 rings (SSSR count). The summed E-state index contributed by atoms with van der Waals surface area (Å²) in [6.07, 6.45) is 1.68. The second-order valence-corrected chi connectivity index (χ2v) is 6.11. The number of likely N-dealkylation sites (tertiary alicyclic amines) is 1. The molecule has 1 aliphatic rings. The third-order valence-electron chi connectivity index (χ3n) is 4.39. The molecule has 1 atom stereocenters. The third kappa shape index (κ3) is 3.99. The van der Waals surface area contributed by atoms with Gasteiger partial charge >= 0.3 is 0 Å². The lowest BCUT2D eigenvalue weighted by Gasteiger charge is -2.17. The van der Waals surface area contributed by atoms with Crippen molar-refractivity contribution in [1.82, 2.24) is 4.90 Å². The molecule has 0 radical (unpaired) electrons. The van der Waals surface area contributed by atoms with Gasteiger partial charge in [-0.2, -0.15) is 0 Å². The minimum atomic E-state index is 0.0589. The molecule has 2 aromatic carbocycles. The first-order valence-corrected chi connectivity index (χ1v) is 8.31. The van der Waals surface area contributed by atoms with Gasteiger partial charge in [0.1, 0.15) is 6.29 Å². The molecule has 25 heavy (non-hydrogen) atoms. The largest absolute Gasteiger partial charge is 0.493 e. The van der Waals surface area contributed by atoms with Crippen LogP contribution in [0.3, 0.4) is 0 Å². The summed E-state index contributed by atoms with van der Waals surface area (Å²) in [6, 6.07) is 14.4. The molecule has 1 saturated heterocycles. The van der Waals surface area contributed by atoms with Crippen molar-refractivity contribution in [3.8, 4) is 11.5 Å². The summed E-state index contributed by atoms with van der Waals surface area (Å²) in [5.41, 5.74) is 1.26. The first kappa shape index (κ1) is 17.0. The Hall–Kier alpha value is -2.82. The first-order chi connectivity index (χ1) is 12.2. The molecule has 0 aliphatic carbocycles. The predicted octanol–water partition coefficient (Wildman–Crippen LogP) is 3.05. The summed E-state index contributed by atoms with van der Waals surface area (Å²) < 4.78 is 11.1. The number of hydrogen-bond acceptors (Lipinski definition) is 4. The Labute approximate surface area is 147 Å². The fourth-order valence-corrected chi connectivity index (χ4v) is 3.00. The Kier molecular flexibility index (Phi) is 5.33. The molecule has 1 aliphatic heterocycles. The van der Waals surface area contributed by atoms with Crippen LogP contribution in [0.1, 0.15) is 27.1 Å². The van der Waals surface area contributed by atoms with Crippen LogP contribution in [0.25, 0.3) is 0 Å². The van der Waals surface area contributed by atoms with Crippen molar-refractivity contribution in [3.05, 3.63) is 59.7 Å². The molecule has 0 N–H and O–H groups in total. The number of rotatable bonds is 6. The summed E-state index contributed by atoms with van der Waals surface area (Å²) in [6.45, 7) is 1.88. The Balaban J connectivity index is 1.59. The maximum Gasteiger partial charge on any atom is 0.253 e. The van der Waals surface area contributed by atoms with Crippen molar-refractivity contribution in [2.45, 2.75) is 6.42 Å². The monoisotopic (exact) mass is 339 g/mol. The van der Waals surface area contributed by atoms with Gasteiger partial charge in [0.05, 0.1) is 13.7 Å². The van der Waals surface area contributed by atoms with E-state index in [1.54, 1.807) is 25.3 Å². The average Bonchev–Trinajstić information content (AvgIpc) is 3.15. The summed E-state index contributed by atoms with van der Waals surface area (Å²) in [7, 11) is 1.57. The number of methoxy groups -OCH3 is 1. The van der Waals surface area contributed by atoms with E-state index in [1.807, 2.05) is 35.2 Å². The van der Waals surface area contributed by atoms with E-state index in [2.05, 4.69) is 0 Å². The number of hydrogen-bond donors (Lipinski definition) is 0. The summed E-state index contributed by atoms with van der Waals surface area (Å²) in [5.74, 6) is 1.47. The van der Waals surface area contributed by atoms with E-state index in [1.165, 1.54) is 0 Å². The molecule has 1 amide bonds. The van der Waals surface area contributed by atoms with Gasteiger partial charge in [-0.1, -0.05) is 18.2 Å². The molecule has 130 valence electrons. The molecule has 0 saturated carbocycles. The average molecular weight is 339 g/mol. The lowest BCUT2D eigenvalue weighted by atomic mass is 10.1. The normalized spacial score (nSPS) is 16.5. The predicted molar refractivity (Wildman–Crippen MR) is 94.3 cm³/mol. The molecule has 0 unspecified atom stereocenters. The van der Waals surface area contributed by atoms with Crippen molar-refractivity contribution in [2.75, 3.05) is 26.8 Å². The highest BCUT2D eigenvalue weighted by molar-refractivity contribution is 5.94. The molecular weight excluding hydrogens is 318 g/mol. The summed E-state index contributed by atoms with van der Waals surface area (Å²) in [4.78, 5) is 25.3. The van der Waals surface area contributed by atoms with Gasteiger partial charge in [-0.3, -0.25) is 9.59 Å². The van der Waals surface area contributed by atoms with Gasteiger partial charge in [-0.15, -0.1) is 0 Å². The van der Waals surface area contributed by atoms with E-state index < -0.39 is 0 Å². The Bertz CT molecular complexity index is 745. The van der Waals surface area contributed by atoms with Gasteiger partial charge in [-0.25, -0.2) is 0 Å². The van der Waals surface area contributed by atoms with Crippen LogP contribution in [-0.4, -0.2) is 43.9 Å². The van der Waals surface area contributed by atoms with Crippen molar-refractivity contribution in [3.63, 3.8) is 0 Å². The Morgan fingerprint density at radius 2 is 2.00 bits per heavy atom. The highest BCUT2D eigenvalue weighted by Crippen LogP contribution is 2.29. The van der Waals surface area contributed by atoms with Crippen LogP contribution in [0.5, 0.6) is 11.5 Å². The molecular formula is C20H21NO4. The van der Waals surface area contributed by atoms with Crippen molar-refractivity contribution >= 4 is 12.2 Å². The van der Waals surface area contributed by atoms with E-state index in [4.69, 9.17) is 9.47 Å². The van der Waals surface area contributed by atoms with Gasteiger partial charge in [0.15, 0.2) is 11.5 Å². The van der Waals surface area contributed by atoms with E-state index in [9.17, 15) is 9.59 Å². The van der Waals surface area contributed by atoms with Crippen molar-refractivity contribution < 1.29 is 19.1 Å². The van der Waals surface area contributed by atoms with Crippen LogP contribution in [0, 0.1) is 5.92 Å². The molecule has 5 heteroatoms.